The zero-order valence-electron chi connectivity index (χ0n) is 16.1. The normalized spacial score (nSPS) is 12.5. The number of carbonyl (C=O) groups is 2. The summed E-state index contributed by atoms with van der Waals surface area (Å²) in [4.78, 5) is 26.2. The molecule has 1 amide bonds. The lowest BCUT2D eigenvalue weighted by Crippen LogP contribution is -2.34. The molecule has 1 aliphatic rings. The number of hydrogen-bond acceptors (Lipinski definition) is 7. The molecule has 0 fully saturated rings. The van der Waals surface area contributed by atoms with E-state index in [0.717, 1.165) is 11.8 Å². The van der Waals surface area contributed by atoms with Crippen LogP contribution >= 0.6 is 0 Å². The highest BCUT2D eigenvalue weighted by Gasteiger charge is 2.22. The maximum Gasteiger partial charge on any atom is 0.339 e. The van der Waals surface area contributed by atoms with Crippen LogP contribution in [-0.4, -0.2) is 51.4 Å². The van der Waals surface area contributed by atoms with Crippen molar-refractivity contribution < 1.29 is 32.2 Å². The summed E-state index contributed by atoms with van der Waals surface area (Å²) in [6.45, 7) is 2.20. The second-order valence-electron chi connectivity index (χ2n) is 6.44. The summed E-state index contributed by atoms with van der Waals surface area (Å²) in [5.74, 6) is 0.0188. The fourth-order valence-corrected chi connectivity index (χ4v) is 3.77. The molecule has 2 aromatic carbocycles. The number of nitrogens with zero attached hydrogens (tertiary/aromatic N) is 1. The number of benzene rings is 2. The Labute approximate surface area is 168 Å². The Morgan fingerprint density at radius 1 is 1.10 bits per heavy atom. The van der Waals surface area contributed by atoms with Gasteiger partial charge in [0.2, 0.25) is 6.79 Å². The van der Waals surface area contributed by atoms with Crippen LogP contribution < -0.4 is 9.47 Å². The van der Waals surface area contributed by atoms with Gasteiger partial charge < -0.3 is 19.1 Å². The van der Waals surface area contributed by atoms with Crippen LogP contribution in [0.5, 0.6) is 11.5 Å². The van der Waals surface area contributed by atoms with Gasteiger partial charge in [0, 0.05) is 19.3 Å². The lowest BCUT2D eigenvalue weighted by Gasteiger charge is -2.21. The van der Waals surface area contributed by atoms with Crippen molar-refractivity contribution in [3.63, 3.8) is 0 Å². The number of sulfone groups is 1. The van der Waals surface area contributed by atoms with E-state index < -0.39 is 28.3 Å². The molecule has 3 rings (SSSR count). The number of esters is 1. The van der Waals surface area contributed by atoms with Gasteiger partial charge in [-0.1, -0.05) is 18.2 Å². The maximum absolute atomic E-state index is 12.5. The van der Waals surface area contributed by atoms with Crippen LogP contribution in [0, 0.1) is 0 Å². The maximum atomic E-state index is 12.5. The summed E-state index contributed by atoms with van der Waals surface area (Å²) in [7, 11) is -3.60. The van der Waals surface area contributed by atoms with Crippen molar-refractivity contribution in [1.82, 2.24) is 4.90 Å². The van der Waals surface area contributed by atoms with E-state index in [1.165, 1.54) is 29.2 Å². The summed E-state index contributed by atoms with van der Waals surface area (Å²) in [6.07, 6.45) is 1.01. The molecule has 154 valence electrons. The number of carbonyl (C=O) groups excluding carboxylic acids is 2. The summed E-state index contributed by atoms with van der Waals surface area (Å²) in [5, 5.41) is 0. The van der Waals surface area contributed by atoms with Crippen molar-refractivity contribution >= 4 is 21.7 Å². The van der Waals surface area contributed by atoms with Gasteiger partial charge in [0.1, 0.15) is 0 Å². The molecule has 1 heterocycles. The van der Waals surface area contributed by atoms with Crippen LogP contribution in [0.2, 0.25) is 0 Å². The Hall–Kier alpha value is -3.07. The standard InChI is InChI=1S/C20H21NO7S/c1-3-21(11-14-8-9-16-17(10-14)28-13-27-16)19(22)12-26-20(23)15-6-4-5-7-18(15)29(2,24)25/h4-10H,3,11-13H2,1-2H3. The van der Waals surface area contributed by atoms with Gasteiger partial charge in [-0.15, -0.1) is 0 Å². The predicted octanol–water partition coefficient (Wildman–Crippen LogP) is 2.02. The average Bonchev–Trinajstić information content (AvgIpc) is 3.17. The quantitative estimate of drug-likeness (QED) is 0.633. The van der Waals surface area contributed by atoms with Gasteiger partial charge in [0.15, 0.2) is 27.9 Å². The third kappa shape index (κ3) is 4.86. The minimum atomic E-state index is -3.60. The summed E-state index contributed by atoms with van der Waals surface area (Å²) < 4.78 is 39.4. The number of rotatable bonds is 7. The molecule has 0 unspecified atom stereocenters. The molecular formula is C20H21NO7S. The van der Waals surface area contributed by atoms with Gasteiger partial charge >= 0.3 is 5.97 Å². The van der Waals surface area contributed by atoms with E-state index in [-0.39, 0.29) is 17.3 Å². The van der Waals surface area contributed by atoms with E-state index in [1.54, 1.807) is 12.1 Å². The molecule has 0 bridgehead atoms. The first-order valence-electron chi connectivity index (χ1n) is 8.92. The average molecular weight is 419 g/mol. The highest BCUT2D eigenvalue weighted by molar-refractivity contribution is 7.90. The minimum absolute atomic E-state index is 0.0957. The lowest BCUT2D eigenvalue weighted by molar-refractivity contribution is -0.134. The summed E-state index contributed by atoms with van der Waals surface area (Å²) in [5.41, 5.74) is 0.750. The number of likely N-dealkylation sites (N-methyl/N-ethyl adjacent to an activating group) is 1. The molecule has 29 heavy (non-hydrogen) atoms. The third-order valence-corrected chi connectivity index (χ3v) is 5.53. The molecular weight excluding hydrogens is 398 g/mol. The predicted molar refractivity (Wildman–Crippen MR) is 103 cm³/mol. The van der Waals surface area contributed by atoms with Gasteiger partial charge in [-0.05, 0) is 36.8 Å². The molecule has 0 aromatic heterocycles. The number of fused-ring (bicyclic) bond motifs is 1. The zero-order valence-corrected chi connectivity index (χ0v) is 16.9. The van der Waals surface area contributed by atoms with E-state index in [0.29, 0.717) is 24.6 Å². The molecule has 0 spiro atoms. The Balaban J connectivity index is 1.64. The molecule has 9 heteroatoms. The zero-order chi connectivity index (χ0) is 21.0. The fraction of sp³-hybridized carbons (Fsp3) is 0.300. The van der Waals surface area contributed by atoms with Crippen LogP contribution in [0.15, 0.2) is 47.4 Å². The summed E-state index contributed by atoms with van der Waals surface area (Å²) >= 11 is 0. The smallest absolute Gasteiger partial charge is 0.339 e. The first-order chi connectivity index (χ1) is 13.8. The van der Waals surface area contributed by atoms with E-state index in [4.69, 9.17) is 14.2 Å². The molecule has 0 aliphatic carbocycles. The fourth-order valence-electron chi connectivity index (χ4n) is 2.89. The monoisotopic (exact) mass is 419 g/mol. The van der Waals surface area contributed by atoms with Crippen molar-refractivity contribution in [3.05, 3.63) is 53.6 Å². The topological polar surface area (TPSA) is 99.2 Å². The Morgan fingerprint density at radius 2 is 1.83 bits per heavy atom. The van der Waals surface area contributed by atoms with Crippen LogP contribution in [0.1, 0.15) is 22.8 Å². The van der Waals surface area contributed by atoms with Gasteiger partial charge in [0.25, 0.3) is 5.91 Å². The highest BCUT2D eigenvalue weighted by Crippen LogP contribution is 2.32. The van der Waals surface area contributed by atoms with Crippen LogP contribution in [0.3, 0.4) is 0 Å². The van der Waals surface area contributed by atoms with Gasteiger partial charge in [-0.3, -0.25) is 4.79 Å². The molecule has 0 saturated heterocycles. The van der Waals surface area contributed by atoms with E-state index >= 15 is 0 Å². The van der Waals surface area contributed by atoms with Gasteiger partial charge in [-0.2, -0.15) is 0 Å². The first kappa shape index (κ1) is 20.7. The largest absolute Gasteiger partial charge is 0.454 e. The summed E-state index contributed by atoms with van der Waals surface area (Å²) in [6, 6.07) is 11.1. The Bertz CT molecular complexity index is 1030. The van der Waals surface area contributed by atoms with E-state index in [2.05, 4.69) is 0 Å². The highest BCUT2D eigenvalue weighted by atomic mass is 32.2. The van der Waals surface area contributed by atoms with Crippen LogP contribution in [0.25, 0.3) is 0 Å². The van der Waals surface area contributed by atoms with E-state index in [9.17, 15) is 18.0 Å². The van der Waals surface area contributed by atoms with E-state index in [1.807, 2.05) is 13.0 Å². The molecule has 0 atom stereocenters. The van der Waals surface area contributed by atoms with Crippen molar-refractivity contribution in [3.8, 4) is 11.5 Å². The SMILES string of the molecule is CCN(Cc1ccc2c(c1)OCO2)C(=O)COC(=O)c1ccccc1S(C)(=O)=O. The molecule has 8 nitrogen and oxygen atoms in total. The molecule has 0 radical (unpaired) electrons. The first-order valence-corrected chi connectivity index (χ1v) is 10.8. The minimum Gasteiger partial charge on any atom is -0.454 e. The number of ether oxygens (including phenoxy) is 3. The van der Waals surface area contributed by atoms with Crippen LogP contribution in [-0.2, 0) is 25.9 Å². The Kier molecular flexibility index (Phi) is 6.07. The lowest BCUT2D eigenvalue weighted by atomic mass is 10.2. The number of amides is 1. The molecule has 0 saturated carbocycles. The molecule has 1 aliphatic heterocycles. The molecule has 0 N–H and O–H groups in total. The molecule has 2 aromatic rings. The van der Waals surface area contributed by atoms with Crippen LogP contribution in [0.4, 0.5) is 0 Å². The van der Waals surface area contributed by atoms with Crippen molar-refractivity contribution in [2.75, 3.05) is 26.2 Å². The third-order valence-electron chi connectivity index (χ3n) is 4.38. The second kappa shape index (κ2) is 8.52. The van der Waals surface area contributed by atoms with Gasteiger partial charge in [-0.25, -0.2) is 13.2 Å². The van der Waals surface area contributed by atoms with Crippen molar-refractivity contribution in [2.45, 2.75) is 18.4 Å². The van der Waals surface area contributed by atoms with Gasteiger partial charge in [0.05, 0.1) is 10.5 Å². The number of hydrogen-bond donors (Lipinski definition) is 0. The van der Waals surface area contributed by atoms with Crippen molar-refractivity contribution in [2.24, 2.45) is 0 Å². The van der Waals surface area contributed by atoms with Crippen molar-refractivity contribution in [1.29, 1.82) is 0 Å². The second-order valence-corrected chi connectivity index (χ2v) is 8.42. The Morgan fingerprint density at radius 3 is 2.55 bits per heavy atom.